The third kappa shape index (κ3) is 3.02. The van der Waals surface area contributed by atoms with Gasteiger partial charge in [0, 0.05) is 27.0 Å². The van der Waals surface area contributed by atoms with E-state index in [0.717, 1.165) is 40.0 Å². The van der Waals surface area contributed by atoms with Crippen LogP contribution in [0.3, 0.4) is 0 Å². The fourth-order valence-electron chi connectivity index (χ4n) is 4.04. The van der Waals surface area contributed by atoms with E-state index in [9.17, 15) is 5.11 Å². The van der Waals surface area contributed by atoms with E-state index in [2.05, 4.69) is 11.0 Å². The number of aromatic hydroxyl groups is 1. The van der Waals surface area contributed by atoms with Gasteiger partial charge >= 0.3 is 0 Å². The Morgan fingerprint density at radius 2 is 1.62 bits per heavy atom. The highest BCUT2D eigenvalue weighted by Crippen LogP contribution is 2.42. The molecule has 1 heterocycles. The number of nitrogens with zero attached hydrogens (tertiary/aromatic N) is 1. The maximum atomic E-state index is 11.1. The maximum Gasteiger partial charge on any atom is 0.128 e. The van der Waals surface area contributed by atoms with Gasteiger partial charge in [-0.25, -0.2) is 0 Å². The van der Waals surface area contributed by atoms with Gasteiger partial charge in [-0.15, -0.1) is 0 Å². The highest BCUT2D eigenvalue weighted by molar-refractivity contribution is 6.31. The lowest BCUT2D eigenvalue weighted by atomic mass is 9.92. The summed E-state index contributed by atoms with van der Waals surface area (Å²) < 4.78 is 0. The third-order valence-corrected chi connectivity index (χ3v) is 5.69. The number of piperidine rings is 1. The topological polar surface area (TPSA) is 49.5 Å². The molecule has 0 aliphatic carbocycles. The van der Waals surface area contributed by atoms with E-state index < -0.39 is 0 Å². The quantitative estimate of drug-likeness (QED) is 0.614. The van der Waals surface area contributed by atoms with Gasteiger partial charge in [-0.2, -0.15) is 0 Å². The van der Waals surface area contributed by atoms with Crippen molar-refractivity contribution in [2.45, 2.75) is 25.3 Å². The van der Waals surface area contributed by atoms with Crippen molar-refractivity contribution < 1.29 is 5.11 Å². The van der Waals surface area contributed by atoms with Gasteiger partial charge in [0.1, 0.15) is 5.75 Å². The standard InChI is InChI=1S/C22H23ClN2O/c23-19-9-3-2-7-17(19)21(25-13-4-1-5-14-25)18-12-11-15-16(22(18)26)8-6-10-20(15)24/h2-3,6-12,21,26H,1,4-5,13-14,24H2. The van der Waals surface area contributed by atoms with Crippen LogP contribution < -0.4 is 5.73 Å². The Kier molecular flexibility index (Phi) is 4.75. The van der Waals surface area contributed by atoms with Crippen LogP contribution in [-0.2, 0) is 0 Å². The minimum atomic E-state index is -0.0603. The van der Waals surface area contributed by atoms with E-state index in [-0.39, 0.29) is 6.04 Å². The first-order valence-electron chi connectivity index (χ1n) is 9.15. The molecule has 1 fully saturated rings. The molecule has 4 rings (SSSR count). The summed E-state index contributed by atoms with van der Waals surface area (Å²) in [5, 5.41) is 13.5. The summed E-state index contributed by atoms with van der Waals surface area (Å²) >= 11 is 6.56. The van der Waals surface area contributed by atoms with E-state index in [0.29, 0.717) is 11.4 Å². The van der Waals surface area contributed by atoms with Crippen LogP contribution in [0.5, 0.6) is 5.75 Å². The van der Waals surface area contributed by atoms with Gasteiger partial charge in [0.2, 0.25) is 0 Å². The van der Waals surface area contributed by atoms with Gasteiger partial charge in [0.15, 0.2) is 0 Å². The number of rotatable bonds is 3. The summed E-state index contributed by atoms with van der Waals surface area (Å²) in [6.07, 6.45) is 3.59. The predicted octanol–water partition coefficient (Wildman–Crippen LogP) is 5.36. The Hall–Kier alpha value is -2.23. The molecule has 3 N–H and O–H groups in total. The van der Waals surface area contributed by atoms with Gasteiger partial charge in [0.05, 0.1) is 6.04 Å². The first kappa shape index (κ1) is 17.2. The Morgan fingerprint density at radius 1 is 0.846 bits per heavy atom. The number of nitrogens with two attached hydrogens (primary N) is 1. The molecule has 1 aliphatic rings. The van der Waals surface area contributed by atoms with Gasteiger partial charge in [-0.3, -0.25) is 4.90 Å². The summed E-state index contributed by atoms with van der Waals surface area (Å²) in [5.74, 6) is 0.297. The molecule has 3 aromatic carbocycles. The number of fused-ring (bicyclic) bond motifs is 1. The Balaban J connectivity index is 1.90. The average molecular weight is 367 g/mol. The second kappa shape index (κ2) is 7.18. The van der Waals surface area contributed by atoms with Gasteiger partial charge in [0.25, 0.3) is 0 Å². The molecule has 1 unspecified atom stereocenters. The maximum absolute atomic E-state index is 11.1. The van der Waals surface area contributed by atoms with Crippen molar-refractivity contribution in [1.82, 2.24) is 4.90 Å². The zero-order valence-electron chi connectivity index (χ0n) is 14.7. The van der Waals surface area contributed by atoms with Crippen molar-refractivity contribution in [3.63, 3.8) is 0 Å². The van der Waals surface area contributed by atoms with Crippen LogP contribution in [-0.4, -0.2) is 23.1 Å². The SMILES string of the molecule is Nc1cccc2c(O)c(C(c3ccccc3Cl)N3CCCCC3)ccc12. The highest BCUT2D eigenvalue weighted by atomic mass is 35.5. The monoisotopic (exact) mass is 366 g/mol. The second-order valence-corrected chi connectivity index (χ2v) is 7.37. The van der Waals surface area contributed by atoms with E-state index in [4.69, 9.17) is 17.3 Å². The van der Waals surface area contributed by atoms with Gasteiger partial charge in [-0.1, -0.05) is 60.5 Å². The molecule has 0 spiro atoms. The van der Waals surface area contributed by atoms with E-state index >= 15 is 0 Å². The smallest absolute Gasteiger partial charge is 0.128 e. The molecule has 0 amide bonds. The summed E-state index contributed by atoms with van der Waals surface area (Å²) in [6, 6.07) is 17.5. The molecule has 0 saturated carbocycles. The lowest BCUT2D eigenvalue weighted by Crippen LogP contribution is -2.34. The van der Waals surface area contributed by atoms with Crippen molar-refractivity contribution in [2.75, 3.05) is 18.8 Å². The van der Waals surface area contributed by atoms with E-state index in [1.807, 2.05) is 48.5 Å². The van der Waals surface area contributed by atoms with Crippen LogP contribution in [0.2, 0.25) is 5.02 Å². The molecule has 1 saturated heterocycles. The molecule has 4 heteroatoms. The highest BCUT2D eigenvalue weighted by Gasteiger charge is 2.28. The third-order valence-electron chi connectivity index (χ3n) is 5.35. The van der Waals surface area contributed by atoms with E-state index in [1.165, 1.54) is 19.3 Å². The van der Waals surface area contributed by atoms with Crippen LogP contribution in [0.4, 0.5) is 5.69 Å². The van der Waals surface area contributed by atoms with Crippen LogP contribution in [0, 0.1) is 0 Å². The molecule has 0 bridgehead atoms. The second-order valence-electron chi connectivity index (χ2n) is 6.97. The first-order chi connectivity index (χ1) is 12.7. The lowest BCUT2D eigenvalue weighted by Gasteiger charge is -2.36. The minimum absolute atomic E-state index is 0.0603. The Bertz CT molecular complexity index is 935. The number of nitrogen functional groups attached to an aromatic ring is 1. The average Bonchev–Trinajstić information content (AvgIpc) is 2.67. The summed E-state index contributed by atoms with van der Waals surface area (Å²) in [4.78, 5) is 2.43. The van der Waals surface area contributed by atoms with Gasteiger partial charge < -0.3 is 10.8 Å². The number of phenols is 1. The Morgan fingerprint density at radius 3 is 2.38 bits per heavy atom. The number of hydrogen-bond acceptors (Lipinski definition) is 3. The lowest BCUT2D eigenvalue weighted by molar-refractivity contribution is 0.185. The summed E-state index contributed by atoms with van der Waals surface area (Å²) in [7, 11) is 0. The molecule has 3 nitrogen and oxygen atoms in total. The number of likely N-dealkylation sites (tertiary alicyclic amines) is 1. The molecule has 1 atom stereocenters. The van der Waals surface area contributed by atoms with Crippen molar-refractivity contribution in [3.8, 4) is 5.75 Å². The zero-order chi connectivity index (χ0) is 18.1. The fraction of sp³-hybridized carbons (Fsp3) is 0.273. The molecular weight excluding hydrogens is 344 g/mol. The largest absolute Gasteiger partial charge is 0.507 e. The zero-order valence-corrected chi connectivity index (χ0v) is 15.4. The van der Waals surface area contributed by atoms with Crippen LogP contribution in [0.15, 0.2) is 54.6 Å². The fourth-order valence-corrected chi connectivity index (χ4v) is 4.28. The molecule has 3 aromatic rings. The van der Waals surface area contributed by atoms with E-state index in [1.54, 1.807) is 0 Å². The molecule has 26 heavy (non-hydrogen) atoms. The summed E-state index contributed by atoms with van der Waals surface area (Å²) in [5.41, 5.74) is 8.69. The van der Waals surface area contributed by atoms with Crippen molar-refractivity contribution >= 4 is 28.1 Å². The predicted molar refractivity (Wildman–Crippen MR) is 109 cm³/mol. The van der Waals surface area contributed by atoms with Crippen LogP contribution in [0.25, 0.3) is 10.8 Å². The van der Waals surface area contributed by atoms with Crippen LogP contribution in [0.1, 0.15) is 36.4 Å². The number of halogens is 1. The first-order valence-corrected chi connectivity index (χ1v) is 9.53. The normalized spacial score (nSPS) is 16.7. The number of benzene rings is 3. The summed E-state index contributed by atoms with van der Waals surface area (Å²) in [6.45, 7) is 2.01. The molecule has 0 aromatic heterocycles. The van der Waals surface area contributed by atoms with Gasteiger partial charge in [-0.05, 0) is 43.6 Å². The number of hydrogen-bond donors (Lipinski definition) is 2. The van der Waals surface area contributed by atoms with Crippen LogP contribution >= 0.6 is 11.6 Å². The van der Waals surface area contributed by atoms with Crippen molar-refractivity contribution in [3.05, 3.63) is 70.7 Å². The molecular formula is C22H23ClN2O. The number of phenolic OH excluding ortho intramolecular Hbond substituents is 1. The molecule has 0 radical (unpaired) electrons. The minimum Gasteiger partial charge on any atom is -0.507 e. The Labute approximate surface area is 159 Å². The van der Waals surface area contributed by atoms with Crippen molar-refractivity contribution in [2.24, 2.45) is 0 Å². The number of anilines is 1. The molecule has 134 valence electrons. The molecule has 1 aliphatic heterocycles. The van der Waals surface area contributed by atoms with Crippen molar-refractivity contribution in [1.29, 1.82) is 0 Å².